The van der Waals surface area contributed by atoms with Crippen LogP contribution >= 0.6 is 0 Å². The largest absolute Gasteiger partial charge is 0.493 e. The van der Waals surface area contributed by atoms with Gasteiger partial charge in [0.25, 0.3) is 0 Å². The Labute approximate surface area is 363 Å². The van der Waals surface area contributed by atoms with Crippen molar-refractivity contribution in [3.8, 4) is 28.7 Å². The minimum absolute atomic E-state index is 0.563. The lowest BCUT2D eigenvalue weighted by molar-refractivity contribution is 0.233. The van der Waals surface area contributed by atoms with Crippen LogP contribution in [0.4, 0.5) is 0 Å². The van der Waals surface area contributed by atoms with Crippen LogP contribution in [0.3, 0.4) is 0 Å². The lowest BCUT2D eigenvalue weighted by Gasteiger charge is -2.35. The van der Waals surface area contributed by atoms with Crippen LogP contribution in [0.5, 0.6) is 5.75 Å². The molecule has 0 fully saturated rings. The van der Waals surface area contributed by atoms with Gasteiger partial charge < -0.3 is 4.74 Å². The van der Waals surface area contributed by atoms with Crippen molar-refractivity contribution in [2.75, 3.05) is 6.61 Å². The fourth-order valence-corrected chi connectivity index (χ4v) is 11.1. The van der Waals surface area contributed by atoms with Crippen LogP contribution in [0.15, 0.2) is 176 Å². The number of rotatable bonds is 9. The lowest BCUT2D eigenvalue weighted by atomic mass is 9.66. The predicted molar refractivity (Wildman–Crippen MR) is 262 cm³/mol. The monoisotopic (exact) mass is 794 g/mol. The molecule has 11 aromatic carbocycles. The van der Waals surface area contributed by atoms with Gasteiger partial charge >= 0.3 is 0 Å². The molecule has 0 saturated carbocycles. The molecular weight excluding hydrogens is 749 g/mol. The van der Waals surface area contributed by atoms with Gasteiger partial charge in [0.1, 0.15) is 5.75 Å². The summed E-state index contributed by atoms with van der Waals surface area (Å²) in [5.41, 5.74) is 9.01. The molecule has 0 aliphatic heterocycles. The molecule has 0 heterocycles. The van der Waals surface area contributed by atoms with E-state index in [0.717, 1.165) is 29.9 Å². The summed E-state index contributed by atoms with van der Waals surface area (Å²) in [4.78, 5) is 0. The second-order valence-corrected chi connectivity index (χ2v) is 17.5. The molecule has 62 heavy (non-hydrogen) atoms. The highest BCUT2D eigenvalue weighted by Gasteiger charge is 2.47. The van der Waals surface area contributed by atoms with Gasteiger partial charge in [-0.25, -0.2) is 0 Å². The van der Waals surface area contributed by atoms with Crippen molar-refractivity contribution in [1.82, 2.24) is 0 Å². The highest BCUT2D eigenvalue weighted by Crippen LogP contribution is 2.58. The maximum absolute atomic E-state index is 6.54. The first-order valence-electron chi connectivity index (χ1n) is 22.5. The van der Waals surface area contributed by atoms with Gasteiger partial charge in [-0.15, -0.1) is 0 Å². The minimum atomic E-state index is -0.620. The van der Waals surface area contributed by atoms with Gasteiger partial charge in [-0.2, -0.15) is 0 Å². The molecular formula is C61H46O. The highest BCUT2D eigenvalue weighted by atomic mass is 16.5. The molecule has 0 aromatic heterocycles. The van der Waals surface area contributed by atoms with Gasteiger partial charge in [0.05, 0.1) is 12.0 Å². The molecule has 2 unspecified atom stereocenters. The first-order valence-corrected chi connectivity index (χ1v) is 22.5. The van der Waals surface area contributed by atoms with E-state index in [1.165, 1.54) is 117 Å². The minimum Gasteiger partial charge on any atom is -0.493 e. The fraction of sp³-hybridized carbons (Fsp3) is 0.148. The number of unbranched alkanes of at least 4 members (excludes halogenated alkanes) is 1. The van der Waals surface area contributed by atoms with Gasteiger partial charge in [0.2, 0.25) is 0 Å². The van der Waals surface area contributed by atoms with Crippen LogP contribution in [0.1, 0.15) is 72.9 Å². The summed E-state index contributed by atoms with van der Waals surface area (Å²) in [6.07, 6.45) is 4.79. The van der Waals surface area contributed by atoms with Crippen molar-refractivity contribution in [2.24, 2.45) is 5.92 Å². The summed E-state index contributed by atoms with van der Waals surface area (Å²) in [6.45, 7) is 5.30. The first-order chi connectivity index (χ1) is 30.6. The Morgan fingerprint density at radius 1 is 0.484 bits per heavy atom. The molecule has 11 aromatic rings. The summed E-state index contributed by atoms with van der Waals surface area (Å²) in [7, 11) is 0. The molecule has 296 valence electrons. The van der Waals surface area contributed by atoms with E-state index in [-0.39, 0.29) is 0 Å². The number of hydrogen-bond acceptors (Lipinski definition) is 1. The Morgan fingerprint density at radius 2 is 1.08 bits per heavy atom. The van der Waals surface area contributed by atoms with Crippen molar-refractivity contribution in [1.29, 1.82) is 0 Å². The summed E-state index contributed by atoms with van der Waals surface area (Å²) in [6, 6.07) is 65.7. The summed E-state index contributed by atoms with van der Waals surface area (Å²) in [5, 5.41) is 15.3. The summed E-state index contributed by atoms with van der Waals surface area (Å²) < 4.78 is 6.54. The van der Waals surface area contributed by atoms with E-state index in [9.17, 15) is 0 Å². The molecule has 0 bridgehead atoms. The number of benzene rings is 11. The molecule has 0 spiro atoms. The Balaban J connectivity index is 1.07. The molecule has 0 saturated heterocycles. The van der Waals surface area contributed by atoms with Crippen LogP contribution in [0, 0.1) is 17.8 Å². The van der Waals surface area contributed by atoms with Gasteiger partial charge in [-0.1, -0.05) is 191 Å². The first kappa shape index (κ1) is 36.7. The summed E-state index contributed by atoms with van der Waals surface area (Å²) in [5.74, 6) is 8.86. The maximum atomic E-state index is 6.54. The summed E-state index contributed by atoms with van der Waals surface area (Å²) >= 11 is 0. The average Bonchev–Trinajstić information content (AvgIpc) is 3.62. The third-order valence-corrected chi connectivity index (χ3v) is 14.2. The van der Waals surface area contributed by atoms with E-state index in [2.05, 4.69) is 202 Å². The smallest absolute Gasteiger partial charge is 0.119 e. The standard InChI is InChI=1S/C61H46O/c1-3-5-10-39(4-2)38-62-49-31-29-48(30-32-49)61(55-36-28-47-25-23-43-12-9-14-45-27-35-53(55)60(47)58(43)45)54-16-7-6-15-51(54)52-33-18-40(37-56(52)61)17-19-41-20-21-46-24-22-42-11-8-13-44-26-34-50(41)59(46)57(42)44/h6-9,11-16,18,20-37,39H,3-5,10,38H2,1-2H3. The second-order valence-electron chi connectivity index (χ2n) is 17.5. The average molecular weight is 795 g/mol. The van der Waals surface area contributed by atoms with E-state index in [4.69, 9.17) is 4.74 Å². The van der Waals surface area contributed by atoms with E-state index in [1.807, 2.05) is 0 Å². The molecule has 12 rings (SSSR count). The zero-order valence-electron chi connectivity index (χ0n) is 35.3. The number of hydrogen-bond donors (Lipinski definition) is 0. The van der Waals surface area contributed by atoms with Gasteiger partial charge in [-0.3, -0.25) is 0 Å². The Hall–Kier alpha value is -7.14. The van der Waals surface area contributed by atoms with E-state index < -0.39 is 5.41 Å². The number of ether oxygens (including phenoxy) is 1. The third-order valence-electron chi connectivity index (χ3n) is 14.2. The quantitative estimate of drug-likeness (QED) is 0.104. The van der Waals surface area contributed by atoms with E-state index in [1.54, 1.807) is 0 Å². The highest BCUT2D eigenvalue weighted by molar-refractivity contribution is 6.25. The second kappa shape index (κ2) is 14.5. The van der Waals surface area contributed by atoms with Crippen LogP contribution in [0.25, 0.3) is 75.8 Å². The normalized spacial score (nSPS) is 15.1. The number of fused-ring (bicyclic) bond motifs is 3. The van der Waals surface area contributed by atoms with Crippen molar-refractivity contribution in [2.45, 2.75) is 44.9 Å². The molecule has 0 N–H and O–H groups in total. The molecule has 2 atom stereocenters. The van der Waals surface area contributed by atoms with Gasteiger partial charge in [-0.05, 0) is 141 Å². The molecule has 1 aliphatic carbocycles. The Morgan fingerprint density at radius 3 is 1.77 bits per heavy atom. The SMILES string of the molecule is CCCCC(CC)COc1ccc(C2(c3ccc4ccc5cccc6ccc3c4c56)c3ccccc3-c3ccc(C#Cc4ccc5ccc6cccc7ccc4c5c67)cc32)cc1. The molecule has 0 radical (unpaired) electrons. The maximum Gasteiger partial charge on any atom is 0.119 e. The Kier molecular flexibility index (Phi) is 8.58. The van der Waals surface area contributed by atoms with Crippen LogP contribution in [-0.4, -0.2) is 6.61 Å². The molecule has 1 heteroatoms. The molecule has 1 aliphatic rings. The van der Waals surface area contributed by atoms with Crippen LogP contribution in [-0.2, 0) is 5.41 Å². The zero-order chi connectivity index (χ0) is 41.4. The Bertz CT molecular complexity index is 3530. The molecule has 0 amide bonds. The lowest BCUT2D eigenvalue weighted by Crippen LogP contribution is -2.29. The molecule has 1 nitrogen and oxygen atoms in total. The predicted octanol–water partition coefficient (Wildman–Crippen LogP) is 15.8. The van der Waals surface area contributed by atoms with Crippen molar-refractivity contribution in [3.05, 3.63) is 209 Å². The van der Waals surface area contributed by atoms with E-state index >= 15 is 0 Å². The van der Waals surface area contributed by atoms with Crippen LogP contribution < -0.4 is 4.74 Å². The van der Waals surface area contributed by atoms with Crippen molar-refractivity contribution < 1.29 is 4.74 Å². The third kappa shape index (κ3) is 5.49. The van der Waals surface area contributed by atoms with E-state index in [0.29, 0.717) is 5.92 Å². The topological polar surface area (TPSA) is 9.23 Å². The van der Waals surface area contributed by atoms with Crippen molar-refractivity contribution in [3.63, 3.8) is 0 Å². The van der Waals surface area contributed by atoms with Crippen LogP contribution in [0.2, 0.25) is 0 Å². The van der Waals surface area contributed by atoms with Gasteiger partial charge in [0.15, 0.2) is 0 Å². The zero-order valence-corrected chi connectivity index (χ0v) is 35.3. The fourth-order valence-electron chi connectivity index (χ4n) is 11.1. The van der Waals surface area contributed by atoms with Crippen molar-refractivity contribution >= 4 is 64.6 Å². The van der Waals surface area contributed by atoms with Gasteiger partial charge in [0, 0.05) is 11.1 Å².